The van der Waals surface area contributed by atoms with Gasteiger partial charge < -0.3 is 4.90 Å². The van der Waals surface area contributed by atoms with Crippen molar-refractivity contribution in [3.63, 3.8) is 0 Å². The van der Waals surface area contributed by atoms with Gasteiger partial charge >= 0.3 is 0 Å². The Morgan fingerprint density at radius 2 is 2.00 bits per heavy atom. The first kappa shape index (κ1) is 17.9. The Hall–Kier alpha value is -1.40. The van der Waals surface area contributed by atoms with Gasteiger partial charge in [0.2, 0.25) is 5.91 Å². The quantitative estimate of drug-likeness (QED) is 0.794. The molecule has 1 aliphatic rings. The predicted molar refractivity (Wildman–Crippen MR) is 93.5 cm³/mol. The minimum absolute atomic E-state index is 0.0178. The van der Waals surface area contributed by atoms with E-state index >= 15 is 0 Å². The van der Waals surface area contributed by atoms with E-state index in [1.165, 1.54) is 0 Å². The van der Waals surface area contributed by atoms with Crippen molar-refractivity contribution in [1.29, 1.82) is 0 Å². The van der Waals surface area contributed by atoms with Crippen LogP contribution in [0.25, 0.3) is 0 Å². The summed E-state index contributed by atoms with van der Waals surface area (Å²) in [4.78, 5) is 16.5. The molecule has 0 saturated carbocycles. The molecular weight excluding hydrogens is 312 g/mol. The number of likely N-dealkylation sites (N-methyl/N-ethyl adjacent to an activating group) is 2. The number of nitrogens with zero attached hydrogens (tertiary/aromatic N) is 2. The summed E-state index contributed by atoms with van der Waals surface area (Å²) >= 11 is 0. The second-order valence-corrected chi connectivity index (χ2v) is 8.33. The fraction of sp³-hybridized carbons (Fsp3) is 0.588. The van der Waals surface area contributed by atoms with Crippen molar-refractivity contribution in [2.75, 3.05) is 36.0 Å². The van der Waals surface area contributed by atoms with Gasteiger partial charge in [0.25, 0.3) is 0 Å². The monoisotopic (exact) mass is 338 g/mol. The zero-order valence-corrected chi connectivity index (χ0v) is 15.0. The maximum atomic E-state index is 12.7. The van der Waals surface area contributed by atoms with Crippen LogP contribution >= 0.6 is 0 Å². The largest absolute Gasteiger partial charge is 0.312 e. The van der Waals surface area contributed by atoms with Gasteiger partial charge in [0.15, 0.2) is 9.84 Å². The van der Waals surface area contributed by atoms with E-state index in [9.17, 15) is 13.2 Å². The second-order valence-electron chi connectivity index (χ2n) is 6.10. The molecule has 1 unspecified atom stereocenters. The number of hydrogen-bond donors (Lipinski definition) is 0. The molecular formula is C17H26N2O3S. The third-order valence-electron chi connectivity index (χ3n) is 4.40. The third-order valence-corrected chi connectivity index (χ3v) is 6.15. The van der Waals surface area contributed by atoms with Gasteiger partial charge in [-0.15, -0.1) is 0 Å². The van der Waals surface area contributed by atoms with Gasteiger partial charge in [-0.25, -0.2) is 8.42 Å². The number of amides is 1. The van der Waals surface area contributed by atoms with Crippen LogP contribution in [0.4, 0.5) is 5.69 Å². The summed E-state index contributed by atoms with van der Waals surface area (Å²) in [7, 11) is -2.94. The van der Waals surface area contributed by atoms with Gasteiger partial charge in [0.1, 0.15) is 0 Å². The summed E-state index contributed by atoms with van der Waals surface area (Å²) in [5, 5.41) is 0. The minimum Gasteiger partial charge on any atom is -0.312 e. The van der Waals surface area contributed by atoms with E-state index in [1.807, 2.05) is 49.9 Å². The molecule has 0 bridgehead atoms. The number of carbonyl (C=O) groups excluding carboxylic acids is 1. The number of carbonyl (C=O) groups is 1. The van der Waals surface area contributed by atoms with E-state index in [1.54, 1.807) is 4.90 Å². The Labute approximate surface area is 139 Å². The second kappa shape index (κ2) is 7.45. The average molecular weight is 338 g/mol. The number of hydrogen-bond acceptors (Lipinski definition) is 4. The lowest BCUT2D eigenvalue weighted by Gasteiger charge is -2.29. The van der Waals surface area contributed by atoms with Gasteiger partial charge in [0.05, 0.1) is 18.1 Å². The minimum atomic E-state index is -2.94. The molecule has 23 heavy (non-hydrogen) atoms. The first-order valence-corrected chi connectivity index (χ1v) is 10.00. The molecule has 1 aromatic rings. The molecule has 2 rings (SSSR count). The molecule has 0 radical (unpaired) electrons. The smallest absolute Gasteiger partial charge is 0.241 e. The highest BCUT2D eigenvalue weighted by atomic mass is 32.2. The van der Waals surface area contributed by atoms with Crippen molar-refractivity contribution in [3.05, 3.63) is 29.8 Å². The number of benzene rings is 1. The zero-order chi connectivity index (χ0) is 17.0. The molecule has 5 nitrogen and oxygen atoms in total. The molecule has 1 saturated heterocycles. The summed E-state index contributed by atoms with van der Waals surface area (Å²) < 4.78 is 23.3. The average Bonchev–Trinajstić information content (AvgIpc) is 2.85. The van der Waals surface area contributed by atoms with E-state index in [0.717, 1.165) is 11.3 Å². The number of anilines is 1. The fourth-order valence-electron chi connectivity index (χ4n) is 3.12. The van der Waals surface area contributed by atoms with E-state index < -0.39 is 9.84 Å². The predicted octanol–water partition coefficient (Wildman–Crippen LogP) is 1.86. The van der Waals surface area contributed by atoms with Gasteiger partial charge in [-0.3, -0.25) is 9.69 Å². The molecule has 1 aliphatic heterocycles. The Kier molecular flexibility index (Phi) is 5.81. The summed E-state index contributed by atoms with van der Waals surface area (Å²) in [5.41, 5.74) is 2.01. The van der Waals surface area contributed by atoms with Crippen LogP contribution in [-0.4, -0.2) is 56.4 Å². The topological polar surface area (TPSA) is 57.7 Å². The summed E-state index contributed by atoms with van der Waals surface area (Å²) in [6.45, 7) is 7.47. The van der Waals surface area contributed by atoms with Crippen LogP contribution in [0.1, 0.15) is 25.8 Å². The van der Waals surface area contributed by atoms with Crippen LogP contribution < -0.4 is 4.90 Å². The summed E-state index contributed by atoms with van der Waals surface area (Å²) in [5.74, 6) is 0.423. The van der Waals surface area contributed by atoms with Crippen LogP contribution in [0.15, 0.2) is 24.3 Å². The number of rotatable bonds is 6. The molecule has 0 aliphatic carbocycles. The van der Waals surface area contributed by atoms with Crippen molar-refractivity contribution >= 4 is 21.4 Å². The first-order chi connectivity index (χ1) is 10.9. The first-order valence-electron chi connectivity index (χ1n) is 8.17. The number of sulfone groups is 1. The van der Waals surface area contributed by atoms with Crippen molar-refractivity contribution in [2.24, 2.45) is 0 Å². The van der Waals surface area contributed by atoms with E-state index in [0.29, 0.717) is 19.5 Å². The molecule has 0 spiro atoms. The highest BCUT2D eigenvalue weighted by molar-refractivity contribution is 7.91. The maximum absolute atomic E-state index is 12.7. The molecule has 1 amide bonds. The Morgan fingerprint density at radius 3 is 2.52 bits per heavy atom. The van der Waals surface area contributed by atoms with Crippen LogP contribution in [-0.2, 0) is 14.6 Å². The lowest BCUT2D eigenvalue weighted by Crippen LogP contribution is -2.45. The molecule has 0 aromatic heterocycles. The molecule has 1 heterocycles. The number of aryl methyl sites for hydroxylation is 1. The van der Waals surface area contributed by atoms with Gasteiger partial charge in [0, 0.05) is 18.3 Å². The van der Waals surface area contributed by atoms with Gasteiger partial charge in [-0.2, -0.15) is 0 Å². The van der Waals surface area contributed by atoms with Crippen molar-refractivity contribution in [2.45, 2.75) is 33.2 Å². The highest BCUT2D eigenvalue weighted by Gasteiger charge is 2.33. The Morgan fingerprint density at radius 1 is 1.26 bits per heavy atom. The molecule has 0 N–H and O–H groups in total. The lowest BCUT2D eigenvalue weighted by atomic mass is 10.2. The zero-order valence-electron chi connectivity index (χ0n) is 14.2. The summed E-state index contributed by atoms with van der Waals surface area (Å²) in [6, 6.07) is 7.85. The molecule has 6 heteroatoms. The van der Waals surface area contributed by atoms with Crippen molar-refractivity contribution < 1.29 is 13.2 Å². The standard InChI is InChI=1S/C17H26N2O3S/c1-4-18(16-9-10-23(21,22)13-16)12-17(20)19(5-2)15-8-6-7-14(3)11-15/h6-8,11,16H,4-5,9-10,12-13H2,1-3H3. The van der Waals surface area contributed by atoms with Gasteiger partial charge in [-0.1, -0.05) is 19.1 Å². The highest BCUT2D eigenvalue weighted by Crippen LogP contribution is 2.20. The molecule has 1 atom stereocenters. The Balaban J connectivity index is 2.09. The third kappa shape index (κ3) is 4.54. The normalized spacial score (nSPS) is 19.9. The van der Waals surface area contributed by atoms with Crippen molar-refractivity contribution in [1.82, 2.24) is 4.90 Å². The van der Waals surface area contributed by atoms with Crippen LogP contribution in [0.3, 0.4) is 0 Å². The van der Waals surface area contributed by atoms with Crippen molar-refractivity contribution in [3.8, 4) is 0 Å². The maximum Gasteiger partial charge on any atom is 0.241 e. The SMILES string of the molecule is CCN(C(=O)CN(CC)C1CCS(=O)(=O)C1)c1cccc(C)c1. The van der Waals surface area contributed by atoms with E-state index in [-0.39, 0.29) is 30.0 Å². The van der Waals surface area contributed by atoms with E-state index in [4.69, 9.17) is 0 Å². The van der Waals surface area contributed by atoms with Gasteiger partial charge in [-0.05, 0) is 44.5 Å². The van der Waals surface area contributed by atoms with Crippen LogP contribution in [0.5, 0.6) is 0 Å². The van der Waals surface area contributed by atoms with Crippen LogP contribution in [0.2, 0.25) is 0 Å². The Bertz CT molecular complexity index is 658. The fourth-order valence-corrected chi connectivity index (χ4v) is 4.88. The van der Waals surface area contributed by atoms with E-state index in [2.05, 4.69) is 0 Å². The summed E-state index contributed by atoms with van der Waals surface area (Å²) in [6.07, 6.45) is 0.625. The van der Waals surface area contributed by atoms with Crippen LogP contribution in [0, 0.1) is 6.92 Å². The molecule has 128 valence electrons. The molecule has 1 aromatic carbocycles. The molecule has 1 fully saturated rings. The lowest BCUT2D eigenvalue weighted by molar-refractivity contribution is -0.120.